The summed E-state index contributed by atoms with van der Waals surface area (Å²) in [5, 5.41) is 6.95. The number of carbonyl (C=O) groups excluding carboxylic acids is 2. The molecule has 1 atom stereocenters. The first-order valence-electron chi connectivity index (χ1n) is 8.13. The summed E-state index contributed by atoms with van der Waals surface area (Å²) in [5.41, 5.74) is 3.15. The second-order valence-corrected chi connectivity index (χ2v) is 6.23. The molecule has 3 rings (SSSR count). The van der Waals surface area contributed by atoms with Gasteiger partial charge in [0.2, 0.25) is 11.8 Å². The molecule has 1 N–H and O–H groups in total. The molecule has 1 aromatic heterocycles. The normalized spacial score (nSPS) is 16.6. The van der Waals surface area contributed by atoms with Gasteiger partial charge < -0.3 is 10.2 Å². The average Bonchev–Trinajstić information content (AvgIpc) is 3.05. The number of nitrogens with zero attached hydrogens (tertiary/aromatic N) is 3. The summed E-state index contributed by atoms with van der Waals surface area (Å²) >= 11 is 0. The van der Waals surface area contributed by atoms with Crippen molar-refractivity contribution in [1.82, 2.24) is 20.0 Å². The van der Waals surface area contributed by atoms with Crippen LogP contribution >= 0.6 is 0 Å². The first kappa shape index (κ1) is 16.2. The van der Waals surface area contributed by atoms with Crippen molar-refractivity contribution in [2.45, 2.75) is 32.4 Å². The van der Waals surface area contributed by atoms with Crippen molar-refractivity contribution >= 4 is 11.8 Å². The van der Waals surface area contributed by atoms with Crippen LogP contribution < -0.4 is 5.32 Å². The van der Waals surface area contributed by atoms with Gasteiger partial charge in [0.05, 0.1) is 31.1 Å². The van der Waals surface area contributed by atoms with Gasteiger partial charge in [0.25, 0.3) is 0 Å². The van der Waals surface area contributed by atoms with Gasteiger partial charge in [0.1, 0.15) is 0 Å². The number of amides is 2. The maximum atomic E-state index is 12.7. The topological polar surface area (TPSA) is 67.2 Å². The van der Waals surface area contributed by atoms with Crippen molar-refractivity contribution in [3.63, 3.8) is 0 Å². The van der Waals surface area contributed by atoms with Gasteiger partial charge in [-0.25, -0.2) is 0 Å². The van der Waals surface area contributed by atoms with Crippen LogP contribution in [0.4, 0.5) is 0 Å². The standard InChI is InChI=1S/C18H22N4O2/c1-13-3-5-14(6-4-13)9-18(24)21-11-15-7-8-20-22(15)16(12-21)10-17(23)19-2/h3-8,16H,9-12H2,1-2H3,(H,19,23). The first-order valence-corrected chi connectivity index (χ1v) is 8.13. The van der Waals surface area contributed by atoms with Gasteiger partial charge in [-0.05, 0) is 18.6 Å². The minimum atomic E-state index is -0.120. The molecule has 6 nitrogen and oxygen atoms in total. The second kappa shape index (κ2) is 6.86. The van der Waals surface area contributed by atoms with E-state index in [1.807, 2.05) is 46.8 Å². The first-order chi connectivity index (χ1) is 11.6. The van der Waals surface area contributed by atoms with Crippen molar-refractivity contribution in [1.29, 1.82) is 0 Å². The van der Waals surface area contributed by atoms with Crippen LogP contribution in [-0.4, -0.2) is 40.1 Å². The third-order valence-corrected chi connectivity index (χ3v) is 4.41. The molecule has 0 saturated heterocycles. The Morgan fingerprint density at radius 2 is 2.00 bits per heavy atom. The van der Waals surface area contributed by atoms with Crippen LogP contribution in [0.3, 0.4) is 0 Å². The Labute approximate surface area is 141 Å². The molecule has 2 heterocycles. The van der Waals surface area contributed by atoms with Crippen molar-refractivity contribution in [3.8, 4) is 0 Å². The zero-order chi connectivity index (χ0) is 17.1. The number of hydrogen-bond acceptors (Lipinski definition) is 3. The number of benzene rings is 1. The minimum absolute atomic E-state index is 0.0470. The van der Waals surface area contributed by atoms with E-state index in [1.54, 1.807) is 13.2 Å². The monoisotopic (exact) mass is 326 g/mol. The quantitative estimate of drug-likeness (QED) is 0.925. The van der Waals surface area contributed by atoms with E-state index in [9.17, 15) is 9.59 Å². The summed E-state index contributed by atoms with van der Waals surface area (Å²) in [4.78, 5) is 26.3. The number of aromatic nitrogens is 2. The fraction of sp³-hybridized carbons (Fsp3) is 0.389. The maximum absolute atomic E-state index is 12.7. The molecule has 2 aromatic rings. The summed E-state index contributed by atoms with van der Waals surface area (Å²) in [5.74, 6) is 0.0301. The number of nitrogens with one attached hydrogen (secondary N) is 1. The molecule has 1 aromatic carbocycles. The van der Waals surface area contributed by atoms with Crippen LogP contribution in [0.2, 0.25) is 0 Å². The number of fused-ring (bicyclic) bond motifs is 1. The Hall–Kier alpha value is -2.63. The summed E-state index contributed by atoms with van der Waals surface area (Å²) in [6, 6.07) is 9.80. The van der Waals surface area contributed by atoms with E-state index in [4.69, 9.17) is 0 Å². The van der Waals surface area contributed by atoms with E-state index in [1.165, 1.54) is 5.56 Å². The zero-order valence-electron chi connectivity index (χ0n) is 14.0. The Morgan fingerprint density at radius 1 is 1.25 bits per heavy atom. The van der Waals surface area contributed by atoms with E-state index < -0.39 is 0 Å². The van der Waals surface area contributed by atoms with Gasteiger partial charge in [-0.15, -0.1) is 0 Å². The van der Waals surface area contributed by atoms with Crippen LogP contribution in [-0.2, 0) is 22.6 Å². The Balaban J connectivity index is 1.73. The van der Waals surface area contributed by atoms with Gasteiger partial charge in [-0.3, -0.25) is 14.3 Å². The van der Waals surface area contributed by atoms with Crippen molar-refractivity contribution in [2.75, 3.05) is 13.6 Å². The maximum Gasteiger partial charge on any atom is 0.227 e. The molecule has 1 aliphatic heterocycles. The number of rotatable bonds is 4. The van der Waals surface area contributed by atoms with E-state index in [0.717, 1.165) is 11.3 Å². The van der Waals surface area contributed by atoms with Gasteiger partial charge in [0.15, 0.2) is 0 Å². The van der Waals surface area contributed by atoms with Crippen molar-refractivity contribution in [2.24, 2.45) is 0 Å². The molecule has 2 amide bonds. The average molecular weight is 326 g/mol. The van der Waals surface area contributed by atoms with E-state index in [-0.39, 0.29) is 17.9 Å². The fourth-order valence-corrected chi connectivity index (χ4v) is 3.04. The highest BCUT2D eigenvalue weighted by Crippen LogP contribution is 2.23. The van der Waals surface area contributed by atoms with Crippen molar-refractivity contribution < 1.29 is 9.59 Å². The van der Waals surface area contributed by atoms with Crippen LogP contribution in [0.1, 0.15) is 29.3 Å². The van der Waals surface area contributed by atoms with Crippen LogP contribution in [0, 0.1) is 6.92 Å². The van der Waals surface area contributed by atoms with Gasteiger partial charge in [0, 0.05) is 19.8 Å². The van der Waals surface area contributed by atoms with Crippen LogP contribution in [0.15, 0.2) is 36.5 Å². The van der Waals surface area contributed by atoms with E-state index in [2.05, 4.69) is 10.4 Å². The molecule has 1 unspecified atom stereocenters. The van der Waals surface area contributed by atoms with Crippen LogP contribution in [0.25, 0.3) is 0 Å². The lowest BCUT2D eigenvalue weighted by atomic mass is 10.1. The zero-order valence-corrected chi connectivity index (χ0v) is 14.0. The lowest BCUT2D eigenvalue weighted by molar-refractivity contribution is -0.133. The summed E-state index contributed by atoms with van der Waals surface area (Å²) in [6.45, 7) is 3.07. The molecular weight excluding hydrogens is 304 g/mol. The molecule has 1 aliphatic rings. The highest BCUT2D eigenvalue weighted by atomic mass is 16.2. The molecule has 0 saturated carbocycles. The van der Waals surface area contributed by atoms with Crippen LogP contribution in [0.5, 0.6) is 0 Å². The van der Waals surface area contributed by atoms with E-state index in [0.29, 0.717) is 25.9 Å². The van der Waals surface area contributed by atoms with Gasteiger partial charge in [-0.2, -0.15) is 5.10 Å². The molecule has 0 spiro atoms. The fourth-order valence-electron chi connectivity index (χ4n) is 3.04. The minimum Gasteiger partial charge on any atom is -0.359 e. The molecule has 126 valence electrons. The second-order valence-electron chi connectivity index (χ2n) is 6.23. The molecule has 24 heavy (non-hydrogen) atoms. The molecule has 6 heteroatoms. The lowest BCUT2D eigenvalue weighted by Crippen LogP contribution is -2.43. The molecule has 0 fully saturated rings. The SMILES string of the molecule is CNC(=O)CC1CN(C(=O)Cc2ccc(C)cc2)Cc2ccnn21. The van der Waals surface area contributed by atoms with Gasteiger partial charge in [-0.1, -0.05) is 29.8 Å². The Morgan fingerprint density at radius 3 is 2.71 bits per heavy atom. The van der Waals surface area contributed by atoms with Crippen molar-refractivity contribution in [3.05, 3.63) is 53.3 Å². The molecule has 0 bridgehead atoms. The summed E-state index contributed by atoms with van der Waals surface area (Å²) in [6.07, 6.45) is 2.42. The summed E-state index contributed by atoms with van der Waals surface area (Å²) < 4.78 is 1.87. The Kier molecular flexibility index (Phi) is 4.64. The number of aryl methyl sites for hydroxylation is 1. The lowest BCUT2D eigenvalue weighted by Gasteiger charge is -2.33. The third-order valence-electron chi connectivity index (χ3n) is 4.41. The summed E-state index contributed by atoms with van der Waals surface area (Å²) in [7, 11) is 1.62. The predicted molar refractivity (Wildman–Crippen MR) is 90.2 cm³/mol. The highest BCUT2D eigenvalue weighted by Gasteiger charge is 2.29. The largest absolute Gasteiger partial charge is 0.359 e. The molecule has 0 radical (unpaired) electrons. The highest BCUT2D eigenvalue weighted by molar-refractivity contribution is 5.79. The smallest absolute Gasteiger partial charge is 0.227 e. The molecular formula is C18H22N4O2. The predicted octanol–water partition coefficient (Wildman–Crippen LogP) is 1.45. The number of carbonyl (C=O) groups is 2. The van der Waals surface area contributed by atoms with Gasteiger partial charge >= 0.3 is 0 Å². The number of hydrogen-bond donors (Lipinski definition) is 1. The Bertz CT molecular complexity index is 736. The third kappa shape index (κ3) is 3.48. The molecule has 0 aliphatic carbocycles. The van der Waals surface area contributed by atoms with E-state index >= 15 is 0 Å².